The number of alkyl halides is 6. The fourth-order valence-electron chi connectivity index (χ4n) is 20.2. The summed E-state index contributed by atoms with van der Waals surface area (Å²) in [7, 11) is 6.07. The predicted molar refractivity (Wildman–Crippen MR) is 460 cm³/mol. The van der Waals surface area contributed by atoms with Crippen LogP contribution in [0.25, 0.3) is 33.1 Å². The maximum Gasteiger partial charge on any atom is 0.395 e. The number of fused-ring (bicyclic) bond motifs is 17. The number of methoxy groups -OCH3 is 4. The molecule has 3 radical (unpaired) electrons. The van der Waals surface area contributed by atoms with Gasteiger partial charge < -0.3 is 76.5 Å². The summed E-state index contributed by atoms with van der Waals surface area (Å²) in [6.07, 6.45) is 5.11. The number of benzene rings is 3. The van der Waals surface area contributed by atoms with Crippen LogP contribution in [0.3, 0.4) is 0 Å². The Morgan fingerprint density at radius 2 is 0.835 bits per heavy atom. The molecule has 0 N–H and O–H groups in total. The summed E-state index contributed by atoms with van der Waals surface area (Å²) in [6.45, 7) is 15.1. The normalized spacial score (nSPS) is 30.1. The van der Waals surface area contributed by atoms with E-state index in [1.807, 2.05) is 45.3 Å². The molecule has 4 saturated carbocycles. The molecule has 2 unspecified atom stereocenters. The Morgan fingerprint density at radius 3 is 1.26 bits per heavy atom. The molecule has 6 aliphatic heterocycles. The second-order valence-corrected chi connectivity index (χ2v) is 39.4. The first-order valence-electron chi connectivity index (χ1n) is 45.6. The third-order valence-electron chi connectivity index (χ3n) is 28.1. The molecule has 3 aromatic heterocycles. The summed E-state index contributed by atoms with van der Waals surface area (Å²) >= 11 is 0. The first kappa shape index (κ1) is 105. The van der Waals surface area contributed by atoms with E-state index >= 15 is 0 Å². The van der Waals surface area contributed by atoms with Crippen LogP contribution in [0.4, 0.5) is 26.3 Å². The van der Waals surface area contributed by atoms with Crippen molar-refractivity contribution in [2.75, 3.05) is 48.1 Å². The molecule has 4 aliphatic carbocycles. The molecule has 10 aliphatic rings. The smallest absolute Gasteiger partial charge is 0.395 e. The summed E-state index contributed by atoms with van der Waals surface area (Å²) in [4.78, 5) is 149. The van der Waals surface area contributed by atoms with Crippen molar-refractivity contribution in [1.82, 2.24) is 44.6 Å². The average Bonchev–Trinajstić information content (AvgIpc) is 1.62. The van der Waals surface area contributed by atoms with Crippen molar-refractivity contribution in [2.24, 2.45) is 75.9 Å². The van der Waals surface area contributed by atoms with Crippen LogP contribution in [0, 0.1) is 75.9 Å². The molecule has 3 saturated heterocycles. The zero-order valence-electron chi connectivity index (χ0n) is 77.3. The Morgan fingerprint density at radius 1 is 0.436 bits per heavy atom. The van der Waals surface area contributed by atoms with Crippen LogP contribution in [-0.4, -0.2) is 220 Å². The molecule has 3 amide bonds. The third-order valence-corrected chi connectivity index (χ3v) is 28.1. The molecule has 16 rings (SSSR count). The Bertz CT molecular complexity index is 5180. The van der Waals surface area contributed by atoms with E-state index in [0.29, 0.717) is 118 Å². The average molecular weight is 1970 g/mol. The number of hydrogen-bond acceptors (Lipinski definition) is 25. The van der Waals surface area contributed by atoms with E-state index in [4.69, 9.17) is 62.3 Å². The molecule has 721 valence electrons. The number of nitrogens with zero attached hydrogens (tertiary/aromatic N) is 9. The van der Waals surface area contributed by atoms with Crippen LogP contribution in [0.15, 0.2) is 54.6 Å². The number of aromatic nitrogens is 6. The van der Waals surface area contributed by atoms with Gasteiger partial charge in [0.2, 0.25) is 35.4 Å². The van der Waals surface area contributed by atoms with Crippen LogP contribution in [0.1, 0.15) is 201 Å². The second-order valence-electron chi connectivity index (χ2n) is 39.4. The molecule has 37 heteroatoms. The topological polar surface area (TPSA) is 333 Å². The van der Waals surface area contributed by atoms with Gasteiger partial charge in [-0.2, -0.15) is 26.3 Å². The van der Waals surface area contributed by atoms with Gasteiger partial charge in [-0.3, -0.25) is 28.8 Å². The first-order chi connectivity index (χ1) is 61.7. The largest absolute Gasteiger partial charge is 0.540 e. The molecular weight excluding hydrogens is 1850 g/mol. The van der Waals surface area contributed by atoms with Crippen molar-refractivity contribution < 1.29 is 173 Å². The maximum absolute atomic E-state index is 14.6. The van der Waals surface area contributed by atoms with Crippen LogP contribution in [0.5, 0.6) is 34.9 Å². The number of halogens is 6. The molecular formula is C96H118F6N9O19V3-3. The standard InChI is InChI=1S/C33H42N3O7.C32H39F3N3O6.C31H37F3N3O6.3V/c1-18(2)22-15-30(38)42-28-13-19-12-23(19)21(28)8-6-5-7-9-25-32(35-26-14-20(40-3)10-11-24(26)34-25)43-29-16-36(33(22)39)27(17-37)31(29)41-4;1-30(2,3)20-14-26(40)44-31(4)15-18(31)9-7-6-8-10-22-28(37-23-13-19(42-5)11-12-21(23)36-22)43-25-16-38(29(20)41)24(17-39)27(25)32(33,34)35;1-30(2,3)19-14-26(39)42-24-12-17(24)8-6-5-7-9-21-28(36-22-13-18(41-4)10-11-20(22)35-21)43-25-15-37(29(19)40)23(16-38)27(25)31(32,33)34;;;/h10-11,14,18-19,21-23,27-29,31H,5-9,12-13,15-16H2,1-4H3;11-13,18,20,24-25,27H,6-10,14-16H2,1-5H3;10-11,13,17,19,23-25,27H,5-9,12,14-15H2,1-4H3;;;/q3*-1;;;/t19?,21-,22+,23?,27-,28-,29+,31+;18-,20-,24-,25+,27+,31-;17-,19-,23-,24-,25+,27+;;;/m111.../s1. The van der Waals surface area contributed by atoms with Crippen LogP contribution in [-0.2, 0) is 137 Å². The van der Waals surface area contributed by atoms with Gasteiger partial charge in [-0.05, 0) is 185 Å². The minimum Gasteiger partial charge on any atom is -0.540 e. The van der Waals surface area contributed by atoms with Gasteiger partial charge >= 0.3 is 30.3 Å². The summed E-state index contributed by atoms with van der Waals surface area (Å²) < 4.78 is 145. The molecule has 28 nitrogen and oxygen atoms in total. The van der Waals surface area contributed by atoms with Crippen molar-refractivity contribution in [2.45, 2.75) is 276 Å². The molecule has 0 spiro atoms. The van der Waals surface area contributed by atoms with Crippen LogP contribution < -0.4 is 28.4 Å². The van der Waals surface area contributed by atoms with Crippen molar-refractivity contribution in [3.8, 4) is 34.9 Å². The van der Waals surface area contributed by atoms with Gasteiger partial charge in [0.1, 0.15) is 70.5 Å². The molecule has 133 heavy (non-hydrogen) atoms. The van der Waals surface area contributed by atoms with Gasteiger partial charge in [-0.1, -0.05) is 93.9 Å². The van der Waals surface area contributed by atoms with E-state index in [-0.39, 0.29) is 135 Å². The van der Waals surface area contributed by atoms with E-state index in [0.717, 1.165) is 98.1 Å². The molecule has 7 fully saturated rings. The summed E-state index contributed by atoms with van der Waals surface area (Å²) in [5.74, 6) is -6.85. The van der Waals surface area contributed by atoms with Gasteiger partial charge in [0, 0.05) is 86.9 Å². The molecule has 6 bridgehead atoms. The Balaban J connectivity index is 0.000000190. The number of aryl methyl sites for hydroxylation is 3. The molecule has 6 aromatic rings. The van der Waals surface area contributed by atoms with Crippen molar-refractivity contribution in [3.63, 3.8) is 0 Å². The number of rotatable bonds is 8. The van der Waals surface area contributed by atoms with Gasteiger partial charge in [0.05, 0.1) is 129 Å². The SMILES string of the molecule is COc1ccc2nc3c(nc2c1)O[C@H]1CN(C(=O)[C@H](C(C)(C)C)CC(=O)O[C@@H]2C[C@H]2CCCCC3)[C@H]([C-]=O)[C@@H]1C(F)(F)F.COc1ccc2nc3c(nc2c1)O[C@H]1CN(C(=O)[C@H](C(C)(C)C)CC(=O)O[C@]2(C)C[C@H]2CCCCC3)[C@H]([C-]=O)[C@@H]1C(F)(F)F.COc1ccc2nc3c(nc2c1)O[C@H]1CN(C(=O)[C@H](C(C)C)CC(=O)O[C@@H]2CC4CC4[C@H]2CCCCC3)[C@H]([C-]=O)[C@@H]1OC.[V].[V].[V]. The summed E-state index contributed by atoms with van der Waals surface area (Å²) in [6, 6.07) is 10.8. The Labute approximate surface area is 806 Å². The summed E-state index contributed by atoms with van der Waals surface area (Å²) in [5.41, 5.74) is 2.47. The zero-order chi connectivity index (χ0) is 93.4. The van der Waals surface area contributed by atoms with E-state index in [1.54, 1.807) is 85.1 Å². The molecule has 3 aromatic carbocycles. The van der Waals surface area contributed by atoms with Crippen molar-refractivity contribution in [3.05, 3.63) is 71.7 Å². The van der Waals surface area contributed by atoms with Gasteiger partial charge in [-0.15, -0.1) is 0 Å². The zero-order valence-corrected chi connectivity index (χ0v) is 81.5. The number of amides is 3. The maximum atomic E-state index is 14.6. The Kier molecular flexibility index (Phi) is 34.4. The van der Waals surface area contributed by atoms with Crippen molar-refractivity contribution in [1.29, 1.82) is 0 Å². The first-order valence-corrected chi connectivity index (χ1v) is 45.6. The number of carbonyl (C=O) groups is 6. The van der Waals surface area contributed by atoms with E-state index in [2.05, 4.69) is 15.0 Å². The minimum atomic E-state index is -4.90. The quantitative estimate of drug-likeness (QED) is 0.0591. The van der Waals surface area contributed by atoms with E-state index < -0.39 is 138 Å². The van der Waals surface area contributed by atoms with Crippen molar-refractivity contribution >= 4 is 87.6 Å². The number of esters is 3. The van der Waals surface area contributed by atoms with Crippen LogP contribution >= 0.6 is 0 Å². The van der Waals surface area contributed by atoms with Gasteiger partial charge in [-0.25, -0.2) is 48.8 Å². The second kappa shape index (κ2) is 43.5. The van der Waals surface area contributed by atoms with E-state index in [1.165, 1.54) is 45.2 Å². The van der Waals surface area contributed by atoms with Crippen LogP contribution in [0.2, 0.25) is 0 Å². The van der Waals surface area contributed by atoms with Gasteiger partial charge in [0.25, 0.3) is 0 Å². The fourth-order valence-corrected chi connectivity index (χ4v) is 20.2. The molecule has 9 heterocycles. The Hall–Kier alpha value is -8.40. The number of hydrogen-bond donors (Lipinski definition) is 0. The fraction of sp³-hybridized carbons (Fsp3) is 0.656. The number of ether oxygens (including phenoxy) is 10. The monoisotopic (exact) mass is 1970 g/mol. The third kappa shape index (κ3) is 24.2. The predicted octanol–water partition coefficient (Wildman–Crippen LogP) is 14.4. The van der Waals surface area contributed by atoms with Gasteiger partial charge in [0.15, 0.2) is 0 Å². The van der Waals surface area contributed by atoms with E-state index in [9.17, 15) is 69.5 Å². The number of carbonyl (C=O) groups excluding carboxylic acids is 9. The molecule has 20 atom stereocenters. The summed E-state index contributed by atoms with van der Waals surface area (Å²) in [5, 5.41) is 0. The minimum absolute atomic E-state index is 0.